The van der Waals surface area contributed by atoms with Crippen molar-refractivity contribution in [2.24, 2.45) is 0 Å². The van der Waals surface area contributed by atoms with Crippen molar-refractivity contribution in [1.29, 1.82) is 0 Å². The normalized spacial score (nSPS) is 31.0. The summed E-state index contributed by atoms with van der Waals surface area (Å²) in [5.41, 5.74) is 5.97. The lowest BCUT2D eigenvalue weighted by Gasteiger charge is -2.42. The minimum Gasteiger partial charge on any atom is -0.360 e. The molecule has 2 heterocycles. The van der Waals surface area contributed by atoms with E-state index < -0.39 is 0 Å². The minimum absolute atomic E-state index is 0.295. The molecule has 108 valence electrons. The third-order valence-corrected chi connectivity index (χ3v) is 5.63. The topological polar surface area (TPSA) is 3.24 Å². The molecule has 5 rings (SSSR count). The van der Waals surface area contributed by atoms with Crippen LogP contribution in [0.2, 0.25) is 0 Å². The summed E-state index contributed by atoms with van der Waals surface area (Å²) in [5, 5.41) is 0. The molecule has 22 heavy (non-hydrogen) atoms. The second-order valence-electron chi connectivity index (χ2n) is 6.90. The molecule has 1 fully saturated rings. The van der Waals surface area contributed by atoms with E-state index in [1.807, 2.05) is 0 Å². The summed E-state index contributed by atoms with van der Waals surface area (Å²) in [7, 11) is 0. The van der Waals surface area contributed by atoms with Gasteiger partial charge in [-0.05, 0) is 35.6 Å². The van der Waals surface area contributed by atoms with Crippen molar-refractivity contribution in [3.8, 4) is 0 Å². The van der Waals surface area contributed by atoms with E-state index >= 15 is 0 Å². The maximum Gasteiger partial charge on any atom is 0.0733 e. The second-order valence-corrected chi connectivity index (χ2v) is 6.90. The zero-order chi connectivity index (χ0) is 14.7. The van der Waals surface area contributed by atoms with E-state index in [9.17, 15) is 0 Å². The van der Waals surface area contributed by atoms with Gasteiger partial charge in [-0.2, -0.15) is 0 Å². The molecular formula is C21H19N. The summed E-state index contributed by atoms with van der Waals surface area (Å²) >= 11 is 0. The number of hydrogen-bond donors (Lipinski definition) is 0. The minimum atomic E-state index is 0.295. The lowest BCUT2D eigenvalue weighted by atomic mass is 9.86. The fourth-order valence-corrected chi connectivity index (χ4v) is 4.26. The molecule has 0 spiro atoms. The van der Waals surface area contributed by atoms with E-state index in [4.69, 9.17) is 0 Å². The molecule has 0 bridgehead atoms. The van der Waals surface area contributed by atoms with Gasteiger partial charge in [-0.3, -0.25) is 0 Å². The lowest BCUT2D eigenvalue weighted by Crippen LogP contribution is -2.39. The first-order valence-electron chi connectivity index (χ1n) is 8.10. The van der Waals surface area contributed by atoms with E-state index in [0.29, 0.717) is 17.5 Å². The lowest BCUT2D eigenvalue weighted by molar-refractivity contribution is 0.211. The monoisotopic (exact) mass is 285 g/mol. The molecule has 2 aromatic rings. The van der Waals surface area contributed by atoms with Crippen LogP contribution in [0.5, 0.6) is 0 Å². The van der Waals surface area contributed by atoms with Crippen LogP contribution in [0.25, 0.3) is 5.57 Å². The Balaban J connectivity index is 1.63. The van der Waals surface area contributed by atoms with Gasteiger partial charge in [0.2, 0.25) is 0 Å². The highest BCUT2D eigenvalue weighted by molar-refractivity contribution is 5.75. The van der Waals surface area contributed by atoms with Gasteiger partial charge in [0.05, 0.1) is 6.04 Å². The number of rotatable bonds is 1. The molecular weight excluding hydrogens is 266 g/mol. The van der Waals surface area contributed by atoms with Crippen molar-refractivity contribution < 1.29 is 0 Å². The summed E-state index contributed by atoms with van der Waals surface area (Å²) in [6, 6.07) is 20.1. The fourth-order valence-electron chi connectivity index (χ4n) is 4.26. The smallest absolute Gasteiger partial charge is 0.0733 e. The summed E-state index contributed by atoms with van der Waals surface area (Å²) in [5.74, 6) is 0.694. The highest BCUT2D eigenvalue weighted by atomic mass is 15.3. The summed E-state index contributed by atoms with van der Waals surface area (Å²) in [4.78, 5) is 2.60. The molecule has 1 nitrogen and oxygen atoms in total. The quantitative estimate of drug-likeness (QED) is 0.720. The van der Waals surface area contributed by atoms with Gasteiger partial charge >= 0.3 is 0 Å². The molecule has 2 aliphatic heterocycles. The van der Waals surface area contributed by atoms with E-state index in [-0.39, 0.29) is 0 Å². The van der Waals surface area contributed by atoms with E-state index in [0.717, 1.165) is 0 Å². The Labute approximate surface area is 131 Å². The maximum atomic E-state index is 2.60. The number of nitrogens with zero attached hydrogens (tertiary/aromatic N) is 1. The van der Waals surface area contributed by atoms with Crippen LogP contribution in [-0.2, 0) is 0 Å². The Morgan fingerprint density at radius 1 is 0.955 bits per heavy atom. The van der Waals surface area contributed by atoms with Crippen LogP contribution in [0.4, 0.5) is 0 Å². The predicted octanol–water partition coefficient (Wildman–Crippen LogP) is 4.90. The average Bonchev–Trinajstić information content (AvgIpc) is 3.29. The third-order valence-electron chi connectivity index (χ3n) is 5.63. The van der Waals surface area contributed by atoms with Crippen LogP contribution in [0.3, 0.4) is 0 Å². The Kier molecular flexibility index (Phi) is 2.31. The van der Waals surface area contributed by atoms with Crippen LogP contribution in [0.1, 0.15) is 42.0 Å². The fraction of sp³-hybridized carbons (Fsp3) is 0.238. The number of hydrogen-bond acceptors (Lipinski definition) is 1. The third kappa shape index (κ3) is 1.54. The van der Waals surface area contributed by atoms with Crippen LogP contribution in [-0.4, -0.2) is 10.4 Å². The Morgan fingerprint density at radius 2 is 1.68 bits per heavy atom. The molecule has 1 heteroatoms. The van der Waals surface area contributed by atoms with Gasteiger partial charge in [0, 0.05) is 17.7 Å². The van der Waals surface area contributed by atoms with E-state index in [2.05, 4.69) is 84.8 Å². The molecule has 0 N–H and O–H groups in total. The van der Waals surface area contributed by atoms with Gasteiger partial charge in [0.15, 0.2) is 0 Å². The first-order chi connectivity index (χ1) is 10.8. The van der Waals surface area contributed by atoms with Crippen molar-refractivity contribution >= 4 is 5.57 Å². The van der Waals surface area contributed by atoms with Crippen LogP contribution in [0.15, 0.2) is 72.9 Å². The molecule has 2 aromatic carbocycles. The van der Waals surface area contributed by atoms with Crippen molar-refractivity contribution in [2.45, 2.75) is 30.8 Å². The molecule has 1 saturated carbocycles. The van der Waals surface area contributed by atoms with Gasteiger partial charge in [-0.1, -0.05) is 66.7 Å². The largest absolute Gasteiger partial charge is 0.360 e. The van der Waals surface area contributed by atoms with Crippen molar-refractivity contribution in [2.75, 3.05) is 0 Å². The Bertz CT molecular complexity index is 802. The van der Waals surface area contributed by atoms with Crippen molar-refractivity contribution in [3.05, 3.63) is 89.6 Å². The maximum absolute atomic E-state index is 2.60. The summed E-state index contributed by atoms with van der Waals surface area (Å²) in [6.45, 7) is 2.42. The molecule has 0 amide bonds. The van der Waals surface area contributed by atoms with Crippen LogP contribution in [0, 0.1) is 0 Å². The highest BCUT2D eigenvalue weighted by Gasteiger charge is 2.59. The van der Waals surface area contributed by atoms with E-state index in [1.54, 1.807) is 5.56 Å². The summed E-state index contributed by atoms with van der Waals surface area (Å²) in [6.07, 6.45) is 8.32. The SMILES string of the molecule is CC12CC1c1ccccc1C1C=CC(c3ccccc3)=CN12. The second kappa shape index (κ2) is 4.13. The molecule has 3 atom stereocenters. The van der Waals surface area contributed by atoms with Gasteiger partial charge in [0.1, 0.15) is 0 Å². The standard InChI is InChI=1S/C21H19N/c1-21-13-19(21)17-9-5-6-10-18(17)20-12-11-16(14-22(20)21)15-7-3-2-4-8-15/h2-12,14,19-20H,13H2,1H3. The average molecular weight is 285 g/mol. The number of benzene rings is 2. The highest BCUT2D eigenvalue weighted by Crippen LogP contribution is 2.63. The molecule has 0 saturated heterocycles. The molecule has 1 aliphatic carbocycles. The number of allylic oxidation sites excluding steroid dienone is 2. The van der Waals surface area contributed by atoms with Gasteiger partial charge in [-0.15, -0.1) is 0 Å². The van der Waals surface area contributed by atoms with Crippen LogP contribution < -0.4 is 0 Å². The Morgan fingerprint density at radius 3 is 2.50 bits per heavy atom. The molecule has 0 radical (unpaired) electrons. The summed E-state index contributed by atoms with van der Waals surface area (Å²) < 4.78 is 0. The van der Waals surface area contributed by atoms with Crippen molar-refractivity contribution in [1.82, 2.24) is 4.90 Å². The van der Waals surface area contributed by atoms with Crippen LogP contribution >= 0.6 is 0 Å². The molecule has 0 aromatic heterocycles. The molecule has 3 unspecified atom stereocenters. The van der Waals surface area contributed by atoms with E-state index in [1.165, 1.54) is 23.1 Å². The molecule has 3 aliphatic rings. The van der Waals surface area contributed by atoms with Gasteiger partial charge < -0.3 is 4.90 Å². The van der Waals surface area contributed by atoms with Gasteiger partial charge in [0.25, 0.3) is 0 Å². The Hall–Kier alpha value is -2.28. The first-order valence-corrected chi connectivity index (χ1v) is 8.10. The zero-order valence-corrected chi connectivity index (χ0v) is 12.7. The first kappa shape index (κ1) is 12.3. The predicted molar refractivity (Wildman–Crippen MR) is 90.3 cm³/mol. The zero-order valence-electron chi connectivity index (χ0n) is 12.7. The number of fused-ring (bicyclic) bond motifs is 6. The van der Waals surface area contributed by atoms with Gasteiger partial charge in [-0.25, -0.2) is 0 Å². The van der Waals surface area contributed by atoms with Crippen molar-refractivity contribution in [3.63, 3.8) is 0 Å².